The van der Waals surface area contributed by atoms with Gasteiger partial charge in [-0.2, -0.15) is 5.10 Å². The van der Waals surface area contributed by atoms with Crippen LogP contribution in [0.2, 0.25) is 0 Å². The predicted molar refractivity (Wildman–Crippen MR) is 77.4 cm³/mol. The largest absolute Gasteiger partial charge is 0.496 e. The summed E-state index contributed by atoms with van der Waals surface area (Å²) in [7, 11) is 4.13. The number of anilines is 1. The van der Waals surface area contributed by atoms with E-state index in [0.29, 0.717) is 11.5 Å². The van der Waals surface area contributed by atoms with Gasteiger partial charge < -0.3 is 19.5 Å². The third kappa shape index (κ3) is 2.85. The standard InChI is InChI=1S/C14H15N3O5/c1-20-9-5-4-6-10(21-2)11(9)13(18)16-8-7-15-17-12(8)14(19)22-3/h4-7H,1-3H3,(H,15,17)(H,16,18). The van der Waals surface area contributed by atoms with Gasteiger partial charge in [-0.1, -0.05) is 6.07 Å². The second-order valence-electron chi connectivity index (χ2n) is 4.14. The lowest BCUT2D eigenvalue weighted by molar-refractivity contribution is 0.0595. The van der Waals surface area contributed by atoms with Crippen LogP contribution in [0.25, 0.3) is 0 Å². The Bertz CT molecular complexity index is 673. The first-order chi connectivity index (χ1) is 10.6. The second kappa shape index (κ2) is 6.61. The molecule has 8 heteroatoms. The summed E-state index contributed by atoms with van der Waals surface area (Å²) in [5.74, 6) is -0.444. The molecule has 2 N–H and O–H groups in total. The zero-order valence-electron chi connectivity index (χ0n) is 12.3. The number of rotatable bonds is 5. The van der Waals surface area contributed by atoms with Gasteiger partial charge in [0.2, 0.25) is 0 Å². The summed E-state index contributed by atoms with van der Waals surface area (Å²) >= 11 is 0. The van der Waals surface area contributed by atoms with Gasteiger partial charge in [-0.15, -0.1) is 0 Å². The summed E-state index contributed by atoms with van der Waals surface area (Å²) in [6.45, 7) is 0. The van der Waals surface area contributed by atoms with E-state index < -0.39 is 11.9 Å². The van der Waals surface area contributed by atoms with E-state index in [2.05, 4.69) is 20.3 Å². The van der Waals surface area contributed by atoms with Crippen molar-refractivity contribution >= 4 is 17.6 Å². The summed E-state index contributed by atoms with van der Waals surface area (Å²) in [5.41, 5.74) is 0.457. The first kappa shape index (κ1) is 15.4. The Kier molecular flexibility index (Phi) is 4.62. The van der Waals surface area contributed by atoms with Crippen LogP contribution >= 0.6 is 0 Å². The summed E-state index contributed by atoms with van der Waals surface area (Å²) in [6.07, 6.45) is 1.31. The maximum Gasteiger partial charge on any atom is 0.358 e. The van der Waals surface area contributed by atoms with E-state index in [1.807, 2.05) is 0 Å². The molecule has 0 bridgehead atoms. The van der Waals surface area contributed by atoms with Crippen molar-refractivity contribution < 1.29 is 23.8 Å². The number of nitrogens with zero attached hydrogens (tertiary/aromatic N) is 1. The molecule has 0 unspecified atom stereocenters. The summed E-state index contributed by atoms with van der Waals surface area (Å²) < 4.78 is 14.9. The Morgan fingerprint density at radius 3 is 2.32 bits per heavy atom. The zero-order valence-corrected chi connectivity index (χ0v) is 12.3. The van der Waals surface area contributed by atoms with Crippen LogP contribution in [0.15, 0.2) is 24.4 Å². The van der Waals surface area contributed by atoms with Gasteiger partial charge in [0.05, 0.1) is 33.2 Å². The van der Waals surface area contributed by atoms with Gasteiger partial charge in [0, 0.05) is 0 Å². The number of carbonyl (C=O) groups is 2. The number of nitrogens with one attached hydrogen (secondary N) is 2. The predicted octanol–water partition coefficient (Wildman–Crippen LogP) is 1.47. The minimum Gasteiger partial charge on any atom is -0.496 e. The van der Waals surface area contributed by atoms with Crippen molar-refractivity contribution in [3.8, 4) is 11.5 Å². The maximum atomic E-state index is 12.5. The first-order valence-corrected chi connectivity index (χ1v) is 6.26. The number of aromatic amines is 1. The van der Waals surface area contributed by atoms with Gasteiger partial charge >= 0.3 is 5.97 Å². The fourth-order valence-corrected chi connectivity index (χ4v) is 1.90. The van der Waals surface area contributed by atoms with Crippen molar-refractivity contribution in [3.05, 3.63) is 35.7 Å². The molecule has 0 saturated heterocycles. The molecular formula is C14H15N3O5. The number of carbonyl (C=O) groups excluding carboxylic acids is 2. The molecule has 1 amide bonds. The highest BCUT2D eigenvalue weighted by molar-refractivity contribution is 6.10. The van der Waals surface area contributed by atoms with Crippen molar-refractivity contribution in [3.63, 3.8) is 0 Å². The number of aromatic nitrogens is 2. The number of amides is 1. The summed E-state index contributed by atoms with van der Waals surface area (Å²) in [6, 6.07) is 4.97. The van der Waals surface area contributed by atoms with Crippen LogP contribution in [0.3, 0.4) is 0 Å². The average Bonchev–Trinajstić information content (AvgIpc) is 3.01. The molecule has 0 spiro atoms. The lowest BCUT2D eigenvalue weighted by atomic mass is 10.1. The Labute approximate surface area is 126 Å². The number of ether oxygens (including phenoxy) is 3. The van der Waals surface area contributed by atoms with Crippen molar-refractivity contribution in [2.24, 2.45) is 0 Å². The molecule has 1 aromatic heterocycles. The molecule has 0 aliphatic carbocycles. The van der Waals surface area contributed by atoms with Gasteiger partial charge in [-0.3, -0.25) is 9.89 Å². The third-order valence-corrected chi connectivity index (χ3v) is 2.93. The normalized spacial score (nSPS) is 9.95. The average molecular weight is 305 g/mol. The molecule has 0 aliphatic rings. The molecular weight excluding hydrogens is 290 g/mol. The molecule has 0 radical (unpaired) electrons. The lowest BCUT2D eigenvalue weighted by Crippen LogP contribution is -2.16. The molecule has 116 valence electrons. The van der Waals surface area contributed by atoms with E-state index in [9.17, 15) is 9.59 Å². The first-order valence-electron chi connectivity index (χ1n) is 6.26. The SMILES string of the molecule is COC(=O)c1[nH]ncc1NC(=O)c1c(OC)cccc1OC. The number of benzene rings is 1. The topological polar surface area (TPSA) is 103 Å². The number of esters is 1. The number of H-pyrrole nitrogens is 1. The van der Waals surface area contributed by atoms with Crippen LogP contribution in [0.1, 0.15) is 20.8 Å². The molecule has 0 aliphatic heterocycles. The van der Waals surface area contributed by atoms with Crippen LogP contribution < -0.4 is 14.8 Å². The van der Waals surface area contributed by atoms with Crippen molar-refractivity contribution in [2.75, 3.05) is 26.6 Å². The summed E-state index contributed by atoms with van der Waals surface area (Å²) in [4.78, 5) is 24.0. The van der Waals surface area contributed by atoms with E-state index in [1.165, 1.54) is 27.5 Å². The highest BCUT2D eigenvalue weighted by Gasteiger charge is 2.22. The number of hydrogen-bond donors (Lipinski definition) is 2. The minimum atomic E-state index is -0.639. The molecule has 0 fully saturated rings. The van der Waals surface area contributed by atoms with Crippen LogP contribution in [0.4, 0.5) is 5.69 Å². The van der Waals surface area contributed by atoms with E-state index >= 15 is 0 Å². The van der Waals surface area contributed by atoms with Crippen LogP contribution in [0.5, 0.6) is 11.5 Å². The molecule has 1 aromatic carbocycles. The molecule has 0 atom stereocenters. The molecule has 0 saturated carbocycles. The van der Waals surface area contributed by atoms with Crippen molar-refractivity contribution in [1.82, 2.24) is 10.2 Å². The van der Waals surface area contributed by atoms with Crippen molar-refractivity contribution in [2.45, 2.75) is 0 Å². The number of methoxy groups -OCH3 is 3. The van der Waals surface area contributed by atoms with Crippen LogP contribution in [-0.2, 0) is 4.74 Å². The molecule has 8 nitrogen and oxygen atoms in total. The molecule has 1 heterocycles. The van der Waals surface area contributed by atoms with Crippen LogP contribution in [-0.4, -0.2) is 43.4 Å². The fraction of sp³-hybridized carbons (Fsp3) is 0.214. The minimum absolute atomic E-state index is 0.0460. The maximum absolute atomic E-state index is 12.5. The fourth-order valence-electron chi connectivity index (χ4n) is 1.90. The second-order valence-corrected chi connectivity index (χ2v) is 4.14. The Morgan fingerprint density at radius 1 is 1.14 bits per heavy atom. The van der Waals surface area contributed by atoms with Gasteiger partial charge in [-0.05, 0) is 12.1 Å². The van der Waals surface area contributed by atoms with Crippen LogP contribution in [0, 0.1) is 0 Å². The highest BCUT2D eigenvalue weighted by atomic mass is 16.5. The quantitative estimate of drug-likeness (QED) is 0.811. The van der Waals surface area contributed by atoms with Gasteiger partial charge in [0.15, 0.2) is 5.69 Å². The molecule has 22 heavy (non-hydrogen) atoms. The van der Waals surface area contributed by atoms with E-state index in [4.69, 9.17) is 9.47 Å². The van der Waals surface area contributed by atoms with Crippen molar-refractivity contribution in [1.29, 1.82) is 0 Å². The van der Waals surface area contributed by atoms with E-state index in [1.54, 1.807) is 18.2 Å². The molecule has 2 rings (SSSR count). The number of hydrogen-bond acceptors (Lipinski definition) is 6. The Balaban J connectivity index is 2.34. The highest BCUT2D eigenvalue weighted by Crippen LogP contribution is 2.29. The van der Waals surface area contributed by atoms with Gasteiger partial charge in [0.25, 0.3) is 5.91 Å². The van der Waals surface area contributed by atoms with E-state index in [0.717, 1.165) is 0 Å². The monoisotopic (exact) mass is 305 g/mol. The van der Waals surface area contributed by atoms with Gasteiger partial charge in [0.1, 0.15) is 17.1 Å². The van der Waals surface area contributed by atoms with Gasteiger partial charge in [-0.25, -0.2) is 4.79 Å². The zero-order chi connectivity index (χ0) is 16.1. The Morgan fingerprint density at radius 2 is 1.77 bits per heavy atom. The smallest absolute Gasteiger partial charge is 0.358 e. The molecule has 2 aromatic rings. The summed E-state index contributed by atoms with van der Waals surface area (Å²) in [5, 5.41) is 8.77. The third-order valence-electron chi connectivity index (χ3n) is 2.93. The Hall–Kier alpha value is -3.03. The lowest BCUT2D eigenvalue weighted by Gasteiger charge is -2.12. The van der Waals surface area contributed by atoms with E-state index in [-0.39, 0.29) is 16.9 Å².